The lowest BCUT2D eigenvalue weighted by Crippen LogP contribution is -2.06. The van der Waals surface area contributed by atoms with E-state index in [0.29, 0.717) is 0 Å². The van der Waals surface area contributed by atoms with Gasteiger partial charge >= 0.3 is 12.1 Å². The Hall–Kier alpha value is -1.04. The van der Waals surface area contributed by atoms with Crippen molar-refractivity contribution in [3.8, 4) is 0 Å². The average molecular weight is 166 g/mol. The van der Waals surface area contributed by atoms with Gasteiger partial charge in [-0.15, -0.1) is 0 Å². The number of nitrogens with zero attached hydrogens (tertiary/aromatic N) is 1. The third-order valence-corrected chi connectivity index (χ3v) is 1.00. The van der Waals surface area contributed by atoms with Crippen molar-refractivity contribution in [1.82, 2.24) is 4.98 Å². The molecule has 1 heterocycles. The van der Waals surface area contributed by atoms with Gasteiger partial charge in [0.1, 0.15) is 6.26 Å². The molecule has 0 saturated carbocycles. The van der Waals surface area contributed by atoms with Crippen molar-refractivity contribution in [1.29, 1.82) is 0 Å². The molecule has 0 bridgehead atoms. The highest BCUT2D eigenvalue weighted by molar-refractivity contribution is 4.97. The first-order valence-corrected chi connectivity index (χ1v) is 2.75. The van der Waals surface area contributed by atoms with E-state index in [1.54, 1.807) is 0 Å². The summed E-state index contributed by atoms with van der Waals surface area (Å²) in [4.78, 5) is 3.08. The lowest BCUT2D eigenvalue weighted by Gasteiger charge is -1.97. The molecule has 62 valence electrons. The summed E-state index contributed by atoms with van der Waals surface area (Å²) in [6.45, 7) is -0.0560. The Balaban J connectivity index is 2.89. The van der Waals surface area contributed by atoms with Gasteiger partial charge in [-0.3, -0.25) is 0 Å². The van der Waals surface area contributed by atoms with E-state index in [4.69, 9.17) is 5.73 Å². The quantitative estimate of drug-likeness (QED) is 0.680. The van der Waals surface area contributed by atoms with Gasteiger partial charge in [0.2, 0.25) is 0 Å². The molecule has 0 unspecified atom stereocenters. The van der Waals surface area contributed by atoms with Crippen LogP contribution in [0.1, 0.15) is 11.6 Å². The number of halogens is 3. The van der Waals surface area contributed by atoms with E-state index < -0.39 is 12.1 Å². The first-order chi connectivity index (χ1) is 5.04. The minimum absolute atomic E-state index is 0.0560. The van der Waals surface area contributed by atoms with Crippen LogP contribution in [0.15, 0.2) is 10.7 Å². The molecule has 3 nitrogen and oxygen atoms in total. The van der Waals surface area contributed by atoms with Crippen LogP contribution in [0.2, 0.25) is 0 Å². The van der Waals surface area contributed by atoms with Crippen LogP contribution >= 0.6 is 0 Å². The van der Waals surface area contributed by atoms with Gasteiger partial charge < -0.3 is 10.2 Å². The van der Waals surface area contributed by atoms with Crippen LogP contribution in [0.3, 0.4) is 0 Å². The molecule has 1 rings (SSSR count). The smallest absolute Gasteiger partial charge is 0.441 e. The summed E-state index contributed by atoms with van der Waals surface area (Å²) < 4.78 is 39.3. The zero-order chi connectivity index (χ0) is 8.48. The molecule has 0 aliphatic rings. The van der Waals surface area contributed by atoms with E-state index in [-0.39, 0.29) is 12.2 Å². The van der Waals surface area contributed by atoms with Crippen molar-refractivity contribution < 1.29 is 17.6 Å². The zero-order valence-electron chi connectivity index (χ0n) is 5.35. The van der Waals surface area contributed by atoms with Crippen molar-refractivity contribution >= 4 is 0 Å². The Bertz CT molecular complexity index is 242. The number of nitrogens with two attached hydrogens (primary N) is 1. The van der Waals surface area contributed by atoms with Gasteiger partial charge in [0.05, 0.1) is 5.69 Å². The molecule has 0 radical (unpaired) electrons. The Morgan fingerprint density at radius 3 is 2.45 bits per heavy atom. The minimum Gasteiger partial charge on any atom is -0.441 e. The largest absolute Gasteiger partial charge is 0.468 e. The molecule has 0 aliphatic carbocycles. The maximum absolute atomic E-state index is 11.7. The van der Waals surface area contributed by atoms with Crippen LogP contribution < -0.4 is 5.73 Å². The van der Waals surface area contributed by atoms with Crippen molar-refractivity contribution in [2.45, 2.75) is 12.7 Å². The van der Waals surface area contributed by atoms with Crippen LogP contribution in [0.4, 0.5) is 13.2 Å². The van der Waals surface area contributed by atoms with Gasteiger partial charge in [-0.25, -0.2) is 4.98 Å². The third-order valence-electron chi connectivity index (χ3n) is 1.00. The Morgan fingerprint density at radius 2 is 2.18 bits per heavy atom. The fraction of sp³-hybridized carbons (Fsp3) is 0.400. The first-order valence-electron chi connectivity index (χ1n) is 2.75. The van der Waals surface area contributed by atoms with Crippen molar-refractivity contribution in [3.05, 3.63) is 17.8 Å². The molecule has 0 atom stereocenters. The highest BCUT2D eigenvalue weighted by atomic mass is 19.4. The number of alkyl halides is 3. The summed E-state index contributed by atoms with van der Waals surface area (Å²) in [6.07, 6.45) is -3.63. The maximum atomic E-state index is 11.7. The monoisotopic (exact) mass is 166 g/mol. The summed E-state index contributed by atoms with van der Waals surface area (Å²) in [5.41, 5.74) is 5.11. The van der Waals surface area contributed by atoms with Crippen molar-refractivity contribution in [2.75, 3.05) is 0 Å². The second-order valence-electron chi connectivity index (χ2n) is 1.85. The van der Waals surface area contributed by atoms with Crippen LogP contribution in [0.5, 0.6) is 0 Å². The molecule has 11 heavy (non-hydrogen) atoms. The molecular formula is C5H5F3N2O. The lowest BCUT2D eigenvalue weighted by molar-refractivity contribution is -0.157. The molecule has 1 aromatic rings. The number of oxazole rings is 1. The molecule has 0 aliphatic heterocycles. The van der Waals surface area contributed by atoms with Crippen LogP contribution in [0, 0.1) is 0 Å². The van der Waals surface area contributed by atoms with Crippen LogP contribution in [0.25, 0.3) is 0 Å². The van der Waals surface area contributed by atoms with Gasteiger partial charge in [0.15, 0.2) is 0 Å². The Morgan fingerprint density at radius 1 is 1.55 bits per heavy atom. The Kier molecular flexibility index (Phi) is 1.86. The second-order valence-corrected chi connectivity index (χ2v) is 1.85. The van der Waals surface area contributed by atoms with Gasteiger partial charge in [-0.1, -0.05) is 0 Å². The van der Waals surface area contributed by atoms with E-state index in [9.17, 15) is 13.2 Å². The fourth-order valence-corrected chi connectivity index (χ4v) is 0.531. The van der Waals surface area contributed by atoms with Crippen LogP contribution in [-0.2, 0) is 12.7 Å². The van der Waals surface area contributed by atoms with E-state index in [2.05, 4.69) is 9.40 Å². The Labute approximate surface area is 60.0 Å². The SMILES string of the molecule is NCc1coc(C(F)(F)F)n1. The van der Waals surface area contributed by atoms with E-state index >= 15 is 0 Å². The molecular weight excluding hydrogens is 161 g/mol. The first kappa shape index (κ1) is 8.06. The summed E-state index contributed by atoms with van der Waals surface area (Å²) in [6, 6.07) is 0. The lowest BCUT2D eigenvalue weighted by atomic mass is 10.5. The third kappa shape index (κ3) is 1.70. The zero-order valence-corrected chi connectivity index (χ0v) is 5.35. The van der Waals surface area contributed by atoms with Gasteiger partial charge in [0, 0.05) is 6.54 Å². The predicted molar refractivity (Wildman–Crippen MR) is 29.4 cm³/mol. The summed E-state index contributed by atoms with van der Waals surface area (Å²) in [5.74, 6) is -1.25. The molecule has 6 heteroatoms. The fourth-order valence-electron chi connectivity index (χ4n) is 0.531. The predicted octanol–water partition coefficient (Wildman–Crippen LogP) is 1.15. The highest BCUT2D eigenvalue weighted by Crippen LogP contribution is 2.27. The molecule has 0 saturated heterocycles. The number of aromatic nitrogens is 1. The van der Waals surface area contributed by atoms with Crippen LogP contribution in [-0.4, -0.2) is 4.98 Å². The molecule has 0 aromatic carbocycles. The van der Waals surface area contributed by atoms with E-state index in [1.165, 1.54) is 0 Å². The number of hydrogen-bond donors (Lipinski definition) is 1. The molecule has 0 fully saturated rings. The number of hydrogen-bond acceptors (Lipinski definition) is 3. The topological polar surface area (TPSA) is 52.0 Å². The molecule has 1 aromatic heterocycles. The minimum atomic E-state index is -4.52. The van der Waals surface area contributed by atoms with E-state index in [1.807, 2.05) is 0 Å². The summed E-state index contributed by atoms with van der Waals surface area (Å²) >= 11 is 0. The summed E-state index contributed by atoms with van der Waals surface area (Å²) in [5, 5.41) is 0. The highest BCUT2D eigenvalue weighted by Gasteiger charge is 2.36. The normalized spacial score (nSPS) is 12.0. The van der Waals surface area contributed by atoms with Crippen molar-refractivity contribution in [2.24, 2.45) is 5.73 Å². The van der Waals surface area contributed by atoms with Gasteiger partial charge in [-0.05, 0) is 0 Å². The molecule has 2 N–H and O–H groups in total. The molecule has 0 spiro atoms. The number of rotatable bonds is 1. The summed E-state index contributed by atoms with van der Waals surface area (Å²) in [7, 11) is 0. The standard InChI is InChI=1S/C5H5F3N2O/c6-5(7,8)4-10-3(1-9)2-11-4/h2H,1,9H2. The van der Waals surface area contributed by atoms with E-state index in [0.717, 1.165) is 6.26 Å². The maximum Gasteiger partial charge on any atom is 0.468 e. The second kappa shape index (κ2) is 2.54. The molecule has 0 amide bonds. The van der Waals surface area contributed by atoms with Gasteiger partial charge in [-0.2, -0.15) is 13.2 Å². The average Bonchev–Trinajstić information content (AvgIpc) is 2.32. The van der Waals surface area contributed by atoms with Crippen molar-refractivity contribution in [3.63, 3.8) is 0 Å². The van der Waals surface area contributed by atoms with Gasteiger partial charge in [0.25, 0.3) is 0 Å².